The average molecular weight is 224 g/mol. The molecule has 5 heteroatoms. The van der Waals surface area contributed by atoms with Crippen molar-refractivity contribution in [1.82, 2.24) is 14.9 Å². The molecule has 1 heterocycles. The Balaban J connectivity index is 2.54. The lowest BCUT2D eigenvalue weighted by Crippen LogP contribution is -2.27. The highest BCUT2D eigenvalue weighted by Gasteiger charge is 2.05. The van der Waals surface area contributed by atoms with Crippen molar-refractivity contribution in [3.05, 3.63) is 18.1 Å². The van der Waals surface area contributed by atoms with Gasteiger partial charge in [-0.1, -0.05) is 6.92 Å². The van der Waals surface area contributed by atoms with Crippen molar-refractivity contribution in [2.45, 2.75) is 19.9 Å². The van der Waals surface area contributed by atoms with Crippen molar-refractivity contribution in [2.24, 2.45) is 0 Å². The highest BCUT2D eigenvalue weighted by atomic mass is 16.3. The molecule has 1 rings (SSSR count). The van der Waals surface area contributed by atoms with Crippen LogP contribution in [0.2, 0.25) is 0 Å². The molecule has 0 atom stereocenters. The fraction of sp³-hybridized carbons (Fsp3) is 0.636. The molecule has 0 spiro atoms. The molecule has 0 saturated heterocycles. The zero-order valence-electron chi connectivity index (χ0n) is 9.98. The molecular formula is C11H20N4O. The fourth-order valence-corrected chi connectivity index (χ4v) is 1.52. The summed E-state index contributed by atoms with van der Waals surface area (Å²) in [5, 5.41) is 11.9. The van der Waals surface area contributed by atoms with Gasteiger partial charge in [-0.15, -0.1) is 0 Å². The molecule has 1 aromatic rings. The van der Waals surface area contributed by atoms with Gasteiger partial charge < -0.3 is 10.4 Å². The van der Waals surface area contributed by atoms with E-state index >= 15 is 0 Å². The summed E-state index contributed by atoms with van der Waals surface area (Å²) in [5.41, 5.74) is 0.931. The smallest absolute Gasteiger partial charge is 0.144 e. The van der Waals surface area contributed by atoms with E-state index in [1.54, 1.807) is 12.4 Å². The molecule has 0 saturated carbocycles. The van der Waals surface area contributed by atoms with E-state index in [-0.39, 0.29) is 6.61 Å². The third-order valence-electron chi connectivity index (χ3n) is 2.30. The first-order valence-corrected chi connectivity index (χ1v) is 5.62. The molecule has 0 unspecified atom stereocenters. The van der Waals surface area contributed by atoms with Crippen LogP contribution in [0.25, 0.3) is 0 Å². The maximum atomic E-state index is 8.94. The highest BCUT2D eigenvalue weighted by molar-refractivity contribution is 5.29. The first-order chi connectivity index (χ1) is 7.80. The summed E-state index contributed by atoms with van der Waals surface area (Å²) in [4.78, 5) is 10.7. The quantitative estimate of drug-likeness (QED) is 0.714. The maximum Gasteiger partial charge on any atom is 0.144 e. The molecule has 5 nitrogen and oxygen atoms in total. The average Bonchev–Trinajstić information content (AvgIpc) is 2.31. The summed E-state index contributed by atoms with van der Waals surface area (Å²) in [6.45, 7) is 4.70. The van der Waals surface area contributed by atoms with Crippen LogP contribution in [0.15, 0.2) is 12.4 Å². The monoisotopic (exact) mass is 224 g/mol. The van der Waals surface area contributed by atoms with Gasteiger partial charge in [-0.2, -0.15) is 0 Å². The molecule has 1 aromatic heterocycles. The first-order valence-electron chi connectivity index (χ1n) is 5.62. The Morgan fingerprint density at radius 2 is 2.12 bits per heavy atom. The maximum absolute atomic E-state index is 8.94. The number of aromatic nitrogens is 2. The first kappa shape index (κ1) is 12.9. The largest absolute Gasteiger partial charge is 0.395 e. The summed E-state index contributed by atoms with van der Waals surface area (Å²) in [6, 6.07) is 0. The van der Waals surface area contributed by atoms with Crippen molar-refractivity contribution in [3.8, 4) is 0 Å². The molecule has 0 aliphatic heterocycles. The SMILES string of the molecule is CCCN(CCO)Cc1cnc(NC)cn1. The summed E-state index contributed by atoms with van der Waals surface area (Å²) in [7, 11) is 1.82. The van der Waals surface area contributed by atoms with E-state index < -0.39 is 0 Å². The van der Waals surface area contributed by atoms with Crippen molar-refractivity contribution >= 4 is 5.82 Å². The van der Waals surface area contributed by atoms with E-state index in [0.717, 1.165) is 31.0 Å². The van der Waals surface area contributed by atoms with Crippen LogP contribution in [0, 0.1) is 0 Å². The molecule has 0 fully saturated rings. The summed E-state index contributed by atoms with van der Waals surface area (Å²) in [6.07, 6.45) is 4.56. The second-order valence-corrected chi connectivity index (χ2v) is 3.64. The van der Waals surface area contributed by atoms with Gasteiger partial charge in [0.15, 0.2) is 0 Å². The van der Waals surface area contributed by atoms with Gasteiger partial charge in [0, 0.05) is 20.1 Å². The minimum absolute atomic E-state index is 0.183. The zero-order valence-corrected chi connectivity index (χ0v) is 9.98. The van der Waals surface area contributed by atoms with Gasteiger partial charge in [-0.25, -0.2) is 4.98 Å². The lowest BCUT2D eigenvalue weighted by molar-refractivity contribution is 0.189. The van der Waals surface area contributed by atoms with Crippen LogP contribution in [0.5, 0.6) is 0 Å². The topological polar surface area (TPSA) is 61.3 Å². The third kappa shape index (κ3) is 4.12. The van der Waals surface area contributed by atoms with Crippen LogP contribution in [0.1, 0.15) is 19.0 Å². The summed E-state index contributed by atoms with van der Waals surface area (Å²) >= 11 is 0. The van der Waals surface area contributed by atoms with Crippen molar-refractivity contribution < 1.29 is 5.11 Å². The number of hydrogen-bond acceptors (Lipinski definition) is 5. The Morgan fingerprint density at radius 1 is 1.31 bits per heavy atom. The van der Waals surface area contributed by atoms with Crippen LogP contribution in [-0.2, 0) is 6.54 Å². The minimum atomic E-state index is 0.183. The Labute approximate surface area is 96.5 Å². The van der Waals surface area contributed by atoms with E-state index in [1.807, 2.05) is 7.05 Å². The van der Waals surface area contributed by atoms with Crippen molar-refractivity contribution in [1.29, 1.82) is 0 Å². The number of nitrogens with zero attached hydrogens (tertiary/aromatic N) is 3. The number of nitrogens with one attached hydrogen (secondary N) is 1. The lowest BCUT2D eigenvalue weighted by atomic mass is 10.3. The zero-order chi connectivity index (χ0) is 11.8. The van der Waals surface area contributed by atoms with E-state index in [4.69, 9.17) is 5.11 Å². The normalized spacial score (nSPS) is 10.8. The highest BCUT2D eigenvalue weighted by Crippen LogP contribution is 2.03. The van der Waals surface area contributed by atoms with Gasteiger partial charge in [-0.05, 0) is 13.0 Å². The molecule has 16 heavy (non-hydrogen) atoms. The molecule has 2 N–H and O–H groups in total. The van der Waals surface area contributed by atoms with Crippen LogP contribution in [0.3, 0.4) is 0 Å². The third-order valence-corrected chi connectivity index (χ3v) is 2.30. The number of rotatable bonds is 7. The van der Waals surface area contributed by atoms with Gasteiger partial charge in [0.2, 0.25) is 0 Å². The molecular weight excluding hydrogens is 204 g/mol. The summed E-state index contributed by atoms with van der Waals surface area (Å²) in [5.74, 6) is 0.771. The van der Waals surface area contributed by atoms with Crippen molar-refractivity contribution in [2.75, 3.05) is 32.1 Å². The molecule has 0 bridgehead atoms. The van der Waals surface area contributed by atoms with E-state index in [2.05, 4.69) is 27.1 Å². The Kier molecular flexibility index (Phi) is 5.74. The van der Waals surface area contributed by atoms with E-state index in [9.17, 15) is 0 Å². The second-order valence-electron chi connectivity index (χ2n) is 3.64. The number of anilines is 1. The number of aliphatic hydroxyl groups excluding tert-OH is 1. The molecule has 90 valence electrons. The molecule has 0 aromatic carbocycles. The second kappa shape index (κ2) is 7.14. The van der Waals surface area contributed by atoms with E-state index in [1.165, 1.54) is 0 Å². The Morgan fingerprint density at radius 3 is 2.62 bits per heavy atom. The van der Waals surface area contributed by atoms with Crippen LogP contribution < -0.4 is 5.32 Å². The van der Waals surface area contributed by atoms with E-state index in [0.29, 0.717) is 6.54 Å². The van der Waals surface area contributed by atoms with Crippen LogP contribution in [-0.4, -0.2) is 46.7 Å². The minimum Gasteiger partial charge on any atom is -0.395 e. The fourth-order valence-electron chi connectivity index (χ4n) is 1.52. The van der Waals surface area contributed by atoms with Crippen LogP contribution >= 0.6 is 0 Å². The Hall–Kier alpha value is -1.20. The number of hydrogen-bond donors (Lipinski definition) is 2. The van der Waals surface area contributed by atoms with Gasteiger partial charge in [0.05, 0.1) is 24.7 Å². The Bertz CT molecular complexity index is 283. The summed E-state index contributed by atoms with van der Waals surface area (Å²) < 4.78 is 0. The van der Waals surface area contributed by atoms with Crippen molar-refractivity contribution in [3.63, 3.8) is 0 Å². The van der Waals surface area contributed by atoms with Gasteiger partial charge in [0.1, 0.15) is 5.82 Å². The van der Waals surface area contributed by atoms with Crippen LogP contribution in [0.4, 0.5) is 5.82 Å². The number of aliphatic hydroxyl groups is 1. The predicted molar refractivity (Wildman–Crippen MR) is 64.2 cm³/mol. The molecule has 0 radical (unpaired) electrons. The molecule has 0 amide bonds. The molecule has 0 aliphatic carbocycles. The van der Waals surface area contributed by atoms with Gasteiger partial charge in [-0.3, -0.25) is 9.88 Å². The van der Waals surface area contributed by atoms with Gasteiger partial charge >= 0.3 is 0 Å². The predicted octanol–water partition coefficient (Wildman–Crippen LogP) is 0.723. The van der Waals surface area contributed by atoms with Gasteiger partial charge in [0.25, 0.3) is 0 Å². The lowest BCUT2D eigenvalue weighted by Gasteiger charge is -2.19. The standard InChI is InChI=1S/C11H20N4O/c1-3-4-15(5-6-16)9-10-7-14-11(12-2)8-13-10/h7-8,16H,3-6,9H2,1-2H3,(H,12,14). The molecule has 0 aliphatic rings.